The van der Waals surface area contributed by atoms with Crippen molar-refractivity contribution in [3.63, 3.8) is 0 Å². The van der Waals surface area contributed by atoms with E-state index < -0.39 is 11.8 Å². The number of amides is 2. The molecule has 154 valence electrons. The van der Waals surface area contributed by atoms with Gasteiger partial charge in [0.15, 0.2) is 6.61 Å². The molecule has 6 nitrogen and oxygen atoms in total. The Morgan fingerprint density at radius 1 is 0.967 bits per heavy atom. The number of carbonyl (C=O) groups is 2. The van der Waals surface area contributed by atoms with Crippen LogP contribution in [-0.2, 0) is 4.79 Å². The fraction of sp³-hybridized carbons (Fsp3) is 0.174. The number of pyridine rings is 1. The molecule has 0 unspecified atom stereocenters. The molecule has 0 aliphatic rings. The fourth-order valence-electron chi connectivity index (χ4n) is 2.70. The van der Waals surface area contributed by atoms with Crippen molar-refractivity contribution in [2.24, 2.45) is 0 Å². The Bertz CT molecular complexity index is 1010. The number of aromatic nitrogens is 1. The Balaban J connectivity index is 1.57. The Morgan fingerprint density at radius 3 is 2.47 bits per heavy atom. The van der Waals surface area contributed by atoms with Gasteiger partial charge in [-0.3, -0.25) is 20.4 Å². The maximum Gasteiger partial charge on any atom is 0.276 e. The highest BCUT2D eigenvalue weighted by molar-refractivity contribution is 7.99. The number of hydrazine groups is 1. The van der Waals surface area contributed by atoms with Crippen molar-refractivity contribution in [2.45, 2.75) is 24.1 Å². The summed E-state index contributed by atoms with van der Waals surface area (Å²) in [5, 5.41) is 0.895. The van der Waals surface area contributed by atoms with Crippen LogP contribution in [-0.4, -0.2) is 28.7 Å². The fourth-order valence-corrected chi connectivity index (χ4v) is 3.56. The monoisotopic (exact) mass is 421 g/mol. The van der Waals surface area contributed by atoms with Crippen LogP contribution < -0.4 is 15.6 Å². The molecule has 1 heterocycles. The number of thioether (sulfide) groups is 1. The predicted octanol–water partition coefficient (Wildman–Crippen LogP) is 4.09. The van der Waals surface area contributed by atoms with E-state index in [1.807, 2.05) is 62.4 Å². The maximum atomic E-state index is 12.4. The van der Waals surface area contributed by atoms with E-state index in [-0.39, 0.29) is 11.9 Å². The Labute approximate surface area is 180 Å². The molecule has 2 aromatic carbocycles. The van der Waals surface area contributed by atoms with E-state index in [0.717, 1.165) is 11.1 Å². The topological polar surface area (TPSA) is 80.3 Å². The number of nitrogens with one attached hydrogen (secondary N) is 2. The average molecular weight is 422 g/mol. The zero-order valence-electron chi connectivity index (χ0n) is 16.8. The highest BCUT2D eigenvalue weighted by Crippen LogP contribution is 2.29. The molecule has 2 amide bonds. The van der Waals surface area contributed by atoms with Crippen molar-refractivity contribution in [3.05, 3.63) is 78.5 Å². The normalized spacial score (nSPS) is 10.5. The Hall–Kier alpha value is -3.32. The summed E-state index contributed by atoms with van der Waals surface area (Å²) in [7, 11) is 0. The molecule has 0 saturated heterocycles. The van der Waals surface area contributed by atoms with Crippen LogP contribution >= 0.6 is 11.8 Å². The van der Waals surface area contributed by atoms with Crippen LogP contribution in [0.4, 0.5) is 0 Å². The molecule has 0 aliphatic carbocycles. The summed E-state index contributed by atoms with van der Waals surface area (Å²) in [5.74, 6) is -0.300. The molecule has 0 atom stereocenters. The lowest BCUT2D eigenvalue weighted by molar-refractivity contribution is -0.123. The minimum atomic E-state index is -0.465. The predicted molar refractivity (Wildman–Crippen MR) is 118 cm³/mol. The van der Waals surface area contributed by atoms with Crippen LogP contribution in [0.15, 0.2) is 78.0 Å². The molecule has 3 rings (SSSR count). The summed E-state index contributed by atoms with van der Waals surface area (Å²) in [6.45, 7) is 3.81. The van der Waals surface area contributed by atoms with E-state index in [4.69, 9.17) is 4.74 Å². The second-order valence-corrected chi connectivity index (χ2v) is 8.24. The average Bonchev–Trinajstić information content (AvgIpc) is 2.77. The number of rotatable bonds is 7. The third-order valence-electron chi connectivity index (χ3n) is 4.01. The van der Waals surface area contributed by atoms with Gasteiger partial charge in [0.25, 0.3) is 11.8 Å². The van der Waals surface area contributed by atoms with E-state index in [1.165, 1.54) is 11.8 Å². The number of benzene rings is 2. The number of carbonyl (C=O) groups excluding carboxylic acids is 2. The third-order valence-corrected chi connectivity index (χ3v) is 5.03. The number of hydrogen-bond donors (Lipinski definition) is 2. The van der Waals surface area contributed by atoms with Crippen molar-refractivity contribution in [2.75, 3.05) is 6.61 Å². The SMILES string of the molecule is CC(C)Sc1ncccc1C(=O)NNC(=O)COc1ccccc1-c1ccccc1. The first kappa shape index (κ1) is 21.4. The molecule has 0 fully saturated rings. The molecule has 3 aromatic rings. The van der Waals surface area contributed by atoms with Gasteiger partial charge < -0.3 is 4.74 Å². The van der Waals surface area contributed by atoms with Crippen LogP contribution in [0, 0.1) is 0 Å². The second-order valence-electron chi connectivity index (χ2n) is 6.68. The van der Waals surface area contributed by atoms with E-state index in [1.54, 1.807) is 24.4 Å². The highest BCUT2D eigenvalue weighted by Gasteiger charge is 2.15. The quantitative estimate of drug-likeness (QED) is 0.444. The minimum absolute atomic E-state index is 0.231. The van der Waals surface area contributed by atoms with Gasteiger partial charge in [-0.05, 0) is 23.8 Å². The summed E-state index contributed by atoms with van der Waals surface area (Å²) in [5.41, 5.74) is 7.11. The lowest BCUT2D eigenvalue weighted by Crippen LogP contribution is -2.44. The van der Waals surface area contributed by atoms with Crippen molar-refractivity contribution in [3.8, 4) is 16.9 Å². The molecule has 2 N–H and O–H groups in total. The molecule has 30 heavy (non-hydrogen) atoms. The van der Waals surface area contributed by atoms with E-state index >= 15 is 0 Å². The molecule has 0 aliphatic heterocycles. The highest BCUT2D eigenvalue weighted by atomic mass is 32.2. The van der Waals surface area contributed by atoms with Crippen molar-refractivity contribution in [1.82, 2.24) is 15.8 Å². The van der Waals surface area contributed by atoms with E-state index in [2.05, 4.69) is 15.8 Å². The van der Waals surface area contributed by atoms with Gasteiger partial charge in [0.05, 0.1) is 5.56 Å². The summed E-state index contributed by atoms with van der Waals surface area (Å²) < 4.78 is 5.69. The molecule has 0 spiro atoms. The minimum Gasteiger partial charge on any atom is -0.483 e. The lowest BCUT2D eigenvalue weighted by Gasteiger charge is -2.13. The van der Waals surface area contributed by atoms with Gasteiger partial charge in [0.2, 0.25) is 0 Å². The molecular formula is C23H23N3O3S. The Morgan fingerprint density at radius 2 is 1.70 bits per heavy atom. The zero-order valence-corrected chi connectivity index (χ0v) is 17.6. The van der Waals surface area contributed by atoms with Gasteiger partial charge in [0.1, 0.15) is 10.8 Å². The van der Waals surface area contributed by atoms with Crippen LogP contribution in [0.25, 0.3) is 11.1 Å². The molecule has 0 bridgehead atoms. The van der Waals surface area contributed by atoms with Crippen LogP contribution in [0.1, 0.15) is 24.2 Å². The summed E-state index contributed by atoms with van der Waals surface area (Å²) in [4.78, 5) is 28.9. The standard InChI is InChI=1S/C23H23N3O3S/c1-16(2)30-23-19(12-8-14-24-23)22(28)26-25-21(27)15-29-20-13-7-6-11-18(20)17-9-4-3-5-10-17/h3-14,16H,15H2,1-2H3,(H,25,27)(H,26,28). The molecule has 1 aromatic heterocycles. The molecule has 0 saturated carbocycles. The van der Waals surface area contributed by atoms with Crippen LogP contribution in [0.2, 0.25) is 0 Å². The number of ether oxygens (including phenoxy) is 1. The smallest absolute Gasteiger partial charge is 0.276 e. The van der Waals surface area contributed by atoms with Crippen LogP contribution in [0.3, 0.4) is 0 Å². The van der Waals surface area contributed by atoms with Gasteiger partial charge in [-0.1, -0.05) is 62.4 Å². The maximum absolute atomic E-state index is 12.4. The van der Waals surface area contributed by atoms with Gasteiger partial charge in [-0.2, -0.15) is 0 Å². The number of para-hydroxylation sites is 1. The van der Waals surface area contributed by atoms with Crippen molar-refractivity contribution in [1.29, 1.82) is 0 Å². The van der Waals surface area contributed by atoms with Gasteiger partial charge >= 0.3 is 0 Å². The van der Waals surface area contributed by atoms with Gasteiger partial charge in [-0.25, -0.2) is 4.98 Å². The molecule has 7 heteroatoms. The third kappa shape index (κ3) is 5.84. The zero-order chi connectivity index (χ0) is 21.3. The summed E-state index contributed by atoms with van der Waals surface area (Å²) >= 11 is 1.49. The van der Waals surface area contributed by atoms with E-state index in [0.29, 0.717) is 16.3 Å². The number of nitrogens with zero attached hydrogens (tertiary/aromatic N) is 1. The largest absolute Gasteiger partial charge is 0.483 e. The van der Waals surface area contributed by atoms with Crippen LogP contribution in [0.5, 0.6) is 5.75 Å². The van der Waals surface area contributed by atoms with E-state index in [9.17, 15) is 9.59 Å². The van der Waals surface area contributed by atoms with Crippen molar-refractivity contribution < 1.29 is 14.3 Å². The first-order chi connectivity index (χ1) is 14.5. The lowest BCUT2D eigenvalue weighted by atomic mass is 10.1. The first-order valence-corrected chi connectivity index (χ1v) is 10.4. The first-order valence-electron chi connectivity index (χ1n) is 9.52. The van der Waals surface area contributed by atoms with Crippen molar-refractivity contribution >= 4 is 23.6 Å². The number of hydrogen-bond acceptors (Lipinski definition) is 5. The van der Waals surface area contributed by atoms with Gasteiger partial charge in [0, 0.05) is 17.0 Å². The Kier molecular flexibility index (Phi) is 7.45. The molecule has 0 radical (unpaired) electrons. The summed E-state index contributed by atoms with van der Waals surface area (Å²) in [6.07, 6.45) is 1.64. The molecular weight excluding hydrogens is 398 g/mol. The van der Waals surface area contributed by atoms with Gasteiger partial charge in [-0.15, -0.1) is 11.8 Å². The summed E-state index contributed by atoms with van der Waals surface area (Å²) in [6, 6.07) is 20.6. The second kappa shape index (κ2) is 10.5.